The van der Waals surface area contributed by atoms with E-state index in [1.54, 1.807) is 6.26 Å². The summed E-state index contributed by atoms with van der Waals surface area (Å²) in [7, 11) is 0. The van der Waals surface area contributed by atoms with Crippen molar-refractivity contribution in [1.29, 1.82) is 0 Å². The Kier molecular flexibility index (Phi) is 5.76. The average molecular weight is 358 g/mol. The number of aryl methyl sites for hydroxylation is 3. The molecule has 134 valence electrons. The van der Waals surface area contributed by atoms with Crippen molar-refractivity contribution < 1.29 is 4.42 Å². The van der Waals surface area contributed by atoms with E-state index in [4.69, 9.17) is 16.6 Å². The lowest BCUT2D eigenvalue weighted by atomic mass is 10.1. The van der Waals surface area contributed by atoms with Crippen LogP contribution in [0.4, 0.5) is 5.69 Å². The average Bonchev–Trinajstić information content (AvgIpc) is 2.97. The first-order valence-corrected chi connectivity index (χ1v) is 9.32. The fraction of sp³-hybridized carbons (Fsp3) is 0.450. The predicted molar refractivity (Wildman–Crippen MR) is 107 cm³/mol. The number of nitrogens with one attached hydrogen (secondary N) is 1. The van der Waals surface area contributed by atoms with Gasteiger partial charge in [0.05, 0.1) is 12.8 Å². The highest BCUT2D eigenvalue weighted by Gasteiger charge is 2.18. The number of nitrogens with zero attached hydrogens (tertiary/aromatic N) is 2. The summed E-state index contributed by atoms with van der Waals surface area (Å²) in [6.07, 6.45) is 2.85. The van der Waals surface area contributed by atoms with E-state index in [0.717, 1.165) is 55.7 Å². The van der Waals surface area contributed by atoms with Crippen molar-refractivity contribution >= 4 is 23.0 Å². The zero-order chi connectivity index (χ0) is 17.8. The van der Waals surface area contributed by atoms with E-state index in [2.05, 4.69) is 48.0 Å². The summed E-state index contributed by atoms with van der Waals surface area (Å²) in [6.45, 7) is 11.3. The van der Waals surface area contributed by atoms with Gasteiger partial charge in [-0.25, -0.2) is 0 Å². The number of hydrogen-bond acceptors (Lipinski definition) is 3. The molecular weight excluding hydrogens is 330 g/mol. The molecule has 0 atom stereocenters. The van der Waals surface area contributed by atoms with Gasteiger partial charge in [-0.1, -0.05) is 6.07 Å². The summed E-state index contributed by atoms with van der Waals surface area (Å²) >= 11 is 5.68. The molecule has 1 saturated heterocycles. The largest absolute Gasteiger partial charge is 0.468 e. The van der Waals surface area contributed by atoms with Gasteiger partial charge >= 0.3 is 0 Å². The van der Waals surface area contributed by atoms with Crippen LogP contribution in [0, 0.1) is 20.8 Å². The monoisotopic (exact) mass is 357 g/mol. The number of anilines is 1. The fourth-order valence-corrected chi connectivity index (χ4v) is 3.54. The van der Waals surface area contributed by atoms with Crippen LogP contribution in [0.5, 0.6) is 0 Å². The molecule has 1 fully saturated rings. The van der Waals surface area contributed by atoms with Crippen molar-refractivity contribution in [3.63, 3.8) is 0 Å². The van der Waals surface area contributed by atoms with Crippen molar-refractivity contribution in [1.82, 2.24) is 9.80 Å². The molecule has 0 radical (unpaired) electrons. The van der Waals surface area contributed by atoms with Crippen LogP contribution < -0.4 is 5.32 Å². The van der Waals surface area contributed by atoms with Gasteiger partial charge in [0.2, 0.25) is 0 Å². The lowest BCUT2D eigenvalue weighted by molar-refractivity contribution is 0.255. The maximum Gasteiger partial charge on any atom is 0.173 e. The molecular formula is C20H27N3OS. The van der Waals surface area contributed by atoms with Gasteiger partial charge in [0.1, 0.15) is 5.76 Å². The van der Waals surface area contributed by atoms with Gasteiger partial charge in [0.15, 0.2) is 5.11 Å². The molecule has 0 unspecified atom stereocenters. The highest BCUT2D eigenvalue weighted by atomic mass is 32.1. The molecule has 0 aliphatic carbocycles. The van der Waals surface area contributed by atoms with E-state index < -0.39 is 0 Å². The summed E-state index contributed by atoms with van der Waals surface area (Å²) in [5.74, 6) is 1.03. The van der Waals surface area contributed by atoms with E-state index in [1.807, 2.05) is 12.1 Å². The summed E-state index contributed by atoms with van der Waals surface area (Å²) in [5, 5.41) is 4.28. The molecule has 1 N–H and O–H groups in total. The van der Waals surface area contributed by atoms with Crippen LogP contribution in [0.1, 0.15) is 28.9 Å². The molecule has 25 heavy (non-hydrogen) atoms. The lowest BCUT2D eigenvalue weighted by Crippen LogP contribution is -2.38. The Morgan fingerprint density at radius 3 is 2.64 bits per heavy atom. The highest BCUT2D eigenvalue weighted by molar-refractivity contribution is 7.80. The van der Waals surface area contributed by atoms with Crippen LogP contribution in [-0.2, 0) is 6.54 Å². The van der Waals surface area contributed by atoms with Crippen LogP contribution in [0.3, 0.4) is 0 Å². The second kappa shape index (κ2) is 8.02. The van der Waals surface area contributed by atoms with Crippen LogP contribution >= 0.6 is 12.2 Å². The van der Waals surface area contributed by atoms with Crippen molar-refractivity contribution in [2.24, 2.45) is 0 Å². The molecule has 0 amide bonds. The maximum atomic E-state index is 5.68. The normalized spacial score (nSPS) is 15.9. The third kappa shape index (κ3) is 4.61. The minimum Gasteiger partial charge on any atom is -0.468 e. The lowest BCUT2D eigenvalue weighted by Gasteiger charge is -2.25. The van der Waals surface area contributed by atoms with Gasteiger partial charge in [-0.2, -0.15) is 0 Å². The fourth-order valence-electron chi connectivity index (χ4n) is 3.24. The number of thiocarbonyl (C=S) groups is 1. The first kappa shape index (κ1) is 18.0. The third-order valence-corrected chi connectivity index (χ3v) is 5.28. The Morgan fingerprint density at radius 2 is 1.88 bits per heavy atom. The molecule has 0 bridgehead atoms. The smallest absolute Gasteiger partial charge is 0.173 e. The highest BCUT2D eigenvalue weighted by Crippen LogP contribution is 2.21. The molecule has 4 nitrogen and oxygen atoms in total. The van der Waals surface area contributed by atoms with E-state index >= 15 is 0 Å². The molecule has 1 aliphatic heterocycles. The van der Waals surface area contributed by atoms with E-state index in [-0.39, 0.29) is 0 Å². The Bertz CT molecular complexity index is 727. The summed E-state index contributed by atoms with van der Waals surface area (Å²) in [6, 6.07) is 8.40. The summed E-state index contributed by atoms with van der Waals surface area (Å²) in [5.41, 5.74) is 4.96. The topological polar surface area (TPSA) is 31.6 Å². The maximum absolute atomic E-state index is 5.68. The SMILES string of the molecule is Cc1cc(C)c(NC(=S)N2CCCN(Cc3ccco3)CC2)cc1C. The second-order valence-corrected chi connectivity index (χ2v) is 7.26. The number of benzene rings is 1. The van der Waals surface area contributed by atoms with Gasteiger partial charge in [0, 0.05) is 31.9 Å². The molecule has 3 rings (SSSR count). The molecule has 2 aromatic rings. The predicted octanol–water partition coefficient (Wildman–Crippen LogP) is 4.11. The van der Waals surface area contributed by atoms with Crippen LogP contribution in [-0.4, -0.2) is 41.1 Å². The van der Waals surface area contributed by atoms with Crippen LogP contribution in [0.15, 0.2) is 34.9 Å². The Morgan fingerprint density at radius 1 is 1.08 bits per heavy atom. The molecule has 0 saturated carbocycles. The summed E-state index contributed by atoms with van der Waals surface area (Å²) in [4.78, 5) is 4.72. The van der Waals surface area contributed by atoms with Gasteiger partial charge in [-0.15, -0.1) is 0 Å². The van der Waals surface area contributed by atoms with E-state index in [0.29, 0.717) is 0 Å². The van der Waals surface area contributed by atoms with Crippen LogP contribution in [0.2, 0.25) is 0 Å². The number of rotatable bonds is 3. The van der Waals surface area contributed by atoms with Gasteiger partial charge in [-0.05, 0) is 74.3 Å². The van der Waals surface area contributed by atoms with Gasteiger partial charge in [-0.3, -0.25) is 4.90 Å². The minimum absolute atomic E-state index is 0.825. The Balaban J connectivity index is 1.58. The molecule has 1 aromatic carbocycles. The Hall–Kier alpha value is -1.85. The minimum atomic E-state index is 0.825. The van der Waals surface area contributed by atoms with Crippen molar-refractivity contribution in [3.05, 3.63) is 53.0 Å². The molecule has 1 aliphatic rings. The zero-order valence-electron chi connectivity index (χ0n) is 15.3. The molecule has 0 spiro atoms. The first-order chi connectivity index (χ1) is 12.0. The van der Waals surface area contributed by atoms with Crippen molar-refractivity contribution in [3.8, 4) is 0 Å². The molecule has 1 aromatic heterocycles. The van der Waals surface area contributed by atoms with Gasteiger partial charge in [0.25, 0.3) is 0 Å². The third-order valence-electron chi connectivity index (χ3n) is 4.92. The molecule has 5 heteroatoms. The van der Waals surface area contributed by atoms with Crippen molar-refractivity contribution in [2.75, 3.05) is 31.5 Å². The number of furan rings is 1. The standard InChI is InChI=1S/C20H27N3OS/c1-15-12-17(3)19(13-16(15)2)21-20(25)23-8-5-7-22(9-10-23)14-18-6-4-11-24-18/h4,6,11-13H,5,7-10,14H2,1-3H3,(H,21,25). The van der Waals surface area contributed by atoms with Crippen molar-refractivity contribution in [2.45, 2.75) is 33.7 Å². The molecule has 2 heterocycles. The number of hydrogen-bond donors (Lipinski definition) is 1. The van der Waals surface area contributed by atoms with E-state index in [1.165, 1.54) is 16.7 Å². The van der Waals surface area contributed by atoms with Gasteiger partial charge < -0.3 is 14.6 Å². The quantitative estimate of drug-likeness (QED) is 0.836. The van der Waals surface area contributed by atoms with E-state index in [9.17, 15) is 0 Å². The second-order valence-electron chi connectivity index (χ2n) is 6.88. The summed E-state index contributed by atoms with van der Waals surface area (Å²) < 4.78 is 5.47. The Labute approximate surface area is 155 Å². The first-order valence-electron chi connectivity index (χ1n) is 8.91. The van der Waals surface area contributed by atoms with Crippen LogP contribution in [0.25, 0.3) is 0 Å². The zero-order valence-corrected chi connectivity index (χ0v) is 16.2.